The van der Waals surface area contributed by atoms with E-state index in [-0.39, 0.29) is 0 Å². The molecule has 0 N–H and O–H groups in total. The van der Waals surface area contributed by atoms with Gasteiger partial charge in [0.1, 0.15) is 0 Å². The summed E-state index contributed by atoms with van der Waals surface area (Å²) in [7, 11) is 0. The van der Waals surface area contributed by atoms with Gasteiger partial charge in [-0.2, -0.15) is 0 Å². The van der Waals surface area contributed by atoms with E-state index in [1.807, 2.05) is 0 Å². The fourth-order valence-electron chi connectivity index (χ4n) is 0.755. The average molecular weight is 203 g/mol. The van der Waals surface area contributed by atoms with Gasteiger partial charge in [0.2, 0.25) is 0 Å². The Morgan fingerprint density at radius 2 is 1.67 bits per heavy atom. The SMILES string of the molecule is Cc1cc(=S)cc(C)[se]1. The second-order valence-electron chi connectivity index (χ2n) is 2.01. The van der Waals surface area contributed by atoms with Crippen molar-refractivity contribution in [2.45, 2.75) is 13.8 Å². The van der Waals surface area contributed by atoms with Crippen molar-refractivity contribution in [3.63, 3.8) is 0 Å². The second-order valence-corrected chi connectivity index (χ2v) is 5.62. The van der Waals surface area contributed by atoms with E-state index in [1.54, 1.807) is 0 Å². The number of hydrogen-bond acceptors (Lipinski definition) is 1. The third-order valence-corrected chi connectivity index (χ3v) is 3.09. The summed E-state index contributed by atoms with van der Waals surface area (Å²) in [6.07, 6.45) is 0. The van der Waals surface area contributed by atoms with E-state index in [0.717, 1.165) is 4.51 Å². The predicted molar refractivity (Wildman–Crippen MR) is 43.7 cm³/mol. The van der Waals surface area contributed by atoms with Crippen LogP contribution >= 0.6 is 12.2 Å². The first-order valence-electron chi connectivity index (χ1n) is 2.77. The van der Waals surface area contributed by atoms with Crippen LogP contribution in [0.5, 0.6) is 0 Å². The van der Waals surface area contributed by atoms with Gasteiger partial charge in [0.15, 0.2) is 0 Å². The van der Waals surface area contributed by atoms with Crippen LogP contribution in [-0.4, -0.2) is 14.5 Å². The van der Waals surface area contributed by atoms with Crippen molar-refractivity contribution < 1.29 is 0 Å². The Balaban J connectivity index is 3.33. The van der Waals surface area contributed by atoms with Crippen molar-refractivity contribution in [1.82, 2.24) is 0 Å². The van der Waals surface area contributed by atoms with E-state index in [4.69, 9.17) is 12.2 Å². The molecule has 0 nitrogen and oxygen atoms in total. The molecule has 1 heterocycles. The summed E-state index contributed by atoms with van der Waals surface area (Å²) in [5, 5.41) is 0. The zero-order chi connectivity index (χ0) is 6.85. The van der Waals surface area contributed by atoms with Crippen LogP contribution in [-0.2, 0) is 0 Å². The quantitative estimate of drug-likeness (QED) is 0.459. The van der Waals surface area contributed by atoms with Gasteiger partial charge in [0, 0.05) is 0 Å². The molecular weight excluding hydrogens is 195 g/mol. The molecule has 9 heavy (non-hydrogen) atoms. The van der Waals surface area contributed by atoms with Crippen molar-refractivity contribution in [2.24, 2.45) is 0 Å². The van der Waals surface area contributed by atoms with Gasteiger partial charge in [-0.15, -0.1) is 0 Å². The Bertz CT molecular complexity index is 239. The molecule has 0 aliphatic heterocycles. The Morgan fingerprint density at radius 1 is 1.22 bits per heavy atom. The standard InChI is InChI=1S/C7H8SSe/c1-5-3-7(8)4-6(2)9-5/h3-4H,1-2H3. The normalized spacial score (nSPS) is 9.56. The molecule has 1 rings (SSSR count). The molecule has 2 heteroatoms. The van der Waals surface area contributed by atoms with Crippen molar-refractivity contribution in [2.75, 3.05) is 0 Å². The van der Waals surface area contributed by atoms with Crippen molar-refractivity contribution in [3.05, 3.63) is 25.5 Å². The van der Waals surface area contributed by atoms with Gasteiger partial charge < -0.3 is 0 Å². The molecule has 0 unspecified atom stereocenters. The zero-order valence-electron chi connectivity index (χ0n) is 5.47. The Labute approximate surface area is 66.3 Å². The zero-order valence-corrected chi connectivity index (χ0v) is 8.00. The van der Waals surface area contributed by atoms with Crippen LogP contribution in [0.1, 0.15) is 8.87 Å². The summed E-state index contributed by atoms with van der Waals surface area (Å²) in [6, 6.07) is 4.17. The summed E-state index contributed by atoms with van der Waals surface area (Å²) >= 11 is 5.60. The van der Waals surface area contributed by atoms with Gasteiger partial charge in [-0.3, -0.25) is 0 Å². The second kappa shape index (κ2) is 2.78. The topological polar surface area (TPSA) is 0 Å². The van der Waals surface area contributed by atoms with Crippen LogP contribution in [0.3, 0.4) is 0 Å². The van der Waals surface area contributed by atoms with Crippen molar-refractivity contribution in [3.8, 4) is 0 Å². The monoisotopic (exact) mass is 204 g/mol. The molecule has 0 bridgehead atoms. The Kier molecular flexibility index (Phi) is 2.23. The molecule has 0 fully saturated rings. The summed E-state index contributed by atoms with van der Waals surface area (Å²) < 4.78 is 3.86. The molecule has 48 valence electrons. The Morgan fingerprint density at radius 3 is 2.00 bits per heavy atom. The molecule has 0 radical (unpaired) electrons. The molecule has 0 aliphatic rings. The van der Waals surface area contributed by atoms with Crippen LogP contribution in [0.15, 0.2) is 12.1 Å². The van der Waals surface area contributed by atoms with Gasteiger partial charge in [0.05, 0.1) is 0 Å². The van der Waals surface area contributed by atoms with Crippen LogP contribution in [0.4, 0.5) is 0 Å². The summed E-state index contributed by atoms with van der Waals surface area (Å²) in [6.45, 7) is 4.28. The van der Waals surface area contributed by atoms with Crippen molar-refractivity contribution in [1.29, 1.82) is 0 Å². The van der Waals surface area contributed by atoms with E-state index in [1.165, 1.54) is 8.87 Å². The molecule has 0 saturated heterocycles. The Hall–Kier alpha value is 0.0895. The molecular formula is C7H8SSe. The summed E-state index contributed by atoms with van der Waals surface area (Å²) in [4.78, 5) is 0. The molecule has 0 aliphatic carbocycles. The molecule has 0 spiro atoms. The third-order valence-electron chi connectivity index (χ3n) is 1.01. The first-order chi connectivity index (χ1) is 4.18. The first-order valence-corrected chi connectivity index (χ1v) is 4.89. The van der Waals surface area contributed by atoms with Crippen LogP contribution in [0, 0.1) is 18.4 Å². The molecule has 0 aromatic carbocycles. The summed E-state index contributed by atoms with van der Waals surface area (Å²) in [5.74, 6) is 0. The van der Waals surface area contributed by atoms with Gasteiger partial charge in [-0.05, 0) is 0 Å². The first kappa shape index (κ1) is 7.20. The van der Waals surface area contributed by atoms with Crippen LogP contribution < -0.4 is 0 Å². The number of aryl methyl sites for hydroxylation is 2. The van der Waals surface area contributed by atoms with Crippen LogP contribution in [0.25, 0.3) is 0 Å². The van der Waals surface area contributed by atoms with Gasteiger partial charge in [-0.25, -0.2) is 0 Å². The fourth-order valence-corrected chi connectivity index (χ4v) is 3.29. The predicted octanol–water partition coefficient (Wildman–Crippen LogP) is 2.09. The molecule has 0 amide bonds. The minimum atomic E-state index is 0.586. The molecule has 0 saturated carbocycles. The molecule has 1 aromatic heterocycles. The van der Waals surface area contributed by atoms with E-state index >= 15 is 0 Å². The maximum absolute atomic E-state index is 5.02. The van der Waals surface area contributed by atoms with E-state index in [0.29, 0.717) is 14.5 Å². The number of rotatable bonds is 0. The van der Waals surface area contributed by atoms with Crippen LogP contribution in [0.2, 0.25) is 0 Å². The minimum absolute atomic E-state index is 0.586. The van der Waals surface area contributed by atoms with Crippen molar-refractivity contribution >= 4 is 26.7 Å². The van der Waals surface area contributed by atoms with Gasteiger partial charge in [-0.1, -0.05) is 0 Å². The average Bonchev–Trinajstić information content (AvgIpc) is 1.59. The molecule has 1 aromatic rings. The maximum atomic E-state index is 5.02. The third kappa shape index (κ3) is 2.05. The molecule has 0 atom stereocenters. The number of hydrogen-bond donors (Lipinski definition) is 0. The van der Waals surface area contributed by atoms with Gasteiger partial charge >= 0.3 is 66.1 Å². The van der Waals surface area contributed by atoms with E-state index in [9.17, 15) is 0 Å². The van der Waals surface area contributed by atoms with Gasteiger partial charge in [0.25, 0.3) is 0 Å². The summed E-state index contributed by atoms with van der Waals surface area (Å²) in [5.41, 5.74) is 0. The van der Waals surface area contributed by atoms with E-state index in [2.05, 4.69) is 26.0 Å². The fraction of sp³-hybridized carbons (Fsp3) is 0.286. The van der Waals surface area contributed by atoms with E-state index < -0.39 is 0 Å².